The lowest BCUT2D eigenvalue weighted by atomic mass is 10.00. The van der Waals surface area contributed by atoms with Crippen molar-refractivity contribution in [1.29, 1.82) is 0 Å². The summed E-state index contributed by atoms with van der Waals surface area (Å²) in [5, 5.41) is 0.820. The van der Waals surface area contributed by atoms with Crippen molar-refractivity contribution in [3.8, 4) is 0 Å². The summed E-state index contributed by atoms with van der Waals surface area (Å²) in [5.41, 5.74) is 2.04. The summed E-state index contributed by atoms with van der Waals surface area (Å²) in [6, 6.07) is 13.7. The Balaban J connectivity index is 1.97. The number of benzene rings is 2. The van der Waals surface area contributed by atoms with E-state index in [2.05, 4.69) is 20.9 Å². The van der Waals surface area contributed by atoms with Gasteiger partial charge < -0.3 is 0 Å². The molecule has 0 spiro atoms. The number of hydrogen-bond donors (Lipinski definition) is 0. The second-order valence-corrected chi connectivity index (χ2v) is 5.67. The highest BCUT2D eigenvalue weighted by molar-refractivity contribution is 9.10. The molecular weight excluding hydrogens is 333 g/mol. The molecule has 0 aliphatic heterocycles. The second-order valence-electron chi connectivity index (χ2n) is 4.75. The lowest BCUT2D eigenvalue weighted by Gasteiger charge is -2.06. The number of Topliss-reactive ketones (excluding diaryl/α,β-unsaturated/α-hetero) is 1. The summed E-state index contributed by atoms with van der Waals surface area (Å²) in [6.07, 6.45) is 1.78. The van der Waals surface area contributed by atoms with Crippen molar-refractivity contribution in [2.24, 2.45) is 0 Å². The Morgan fingerprint density at radius 2 is 1.95 bits per heavy atom. The number of halogens is 2. The van der Waals surface area contributed by atoms with Gasteiger partial charge in [-0.15, -0.1) is 0 Å². The molecule has 2 aromatic carbocycles. The van der Waals surface area contributed by atoms with Gasteiger partial charge in [0.1, 0.15) is 5.82 Å². The Kier molecular flexibility index (Phi) is 3.80. The number of hydrogen-bond acceptors (Lipinski definition) is 2. The molecular formula is C17H11BrFNO. The summed E-state index contributed by atoms with van der Waals surface area (Å²) in [4.78, 5) is 16.7. The highest BCUT2D eigenvalue weighted by atomic mass is 79.9. The average Bonchev–Trinajstić information content (AvgIpc) is 2.45. The molecule has 0 aliphatic carbocycles. The Bertz CT molecular complexity index is 806. The van der Waals surface area contributed by atoms with E-state index in [9.17, 15) is 9.18 Å². The molecule has 0 unspecified atom stereocenters. The lowest BCUT2D eigenvalue weighted by molar-refractivity contribution is 0.0994. The molecule has 0 bridgehead atoms. The molecule has 0 amide bonds. The van der Waals surface area contributed by atoms with Crippen LogP contribution in [0.4, 0.5) is 4.39 Å². The van der Waals surface area contributed by atoms with Gasteiger partial charge in [0.15, 0.2) is 5.78 Å². The summed E-state index contributed by atoms with van der Waals surface area (Å²) >= 11 is 3.24. The van der Waals surface area contributed by atoms with Gasteiger partial charge in [0.05, 0.1) is 5.52 Å². The normalized spacial score (nSPS) is 10.8. The minimum absolute atomic E-state index is 0.0499. The predicted molar refractivity (Wildman–Crippen MR) is 83.9 cm³/mol. The third-order valence-electron chi connectivity index (χ3n) is 3.24. The average molecular weight is 344 g/mol. The Morgan fingerprint density at radius 3 is 2.76 bits per heavy atom. The van der Waals surface area contributed by atoms with E-state index in [0.717, 1.165) is 10.9 Å². The summed E-state index contributed by atoms with van der Waals surface area (Å²) in [6.45, 7) is 0. The topological polar surface area (TPSA) is 30.0 Å². The molecule has 4 heteroatoms. The quantitative estimate of drug-likeness (QED) is 0.652. The Morgan fingerprint density at radius 1 is 1.14 bits per heavy atom. The summed E-state index contributed by atoms with van der Waals surface area (Å²) < 4.78 is 14.0. The molecule has 0 saturated carbocycles. The van der Waals surface area contributed by atoms with Crippen LogP contribution >= 0.6 is 15.9 Å². The first kappa shape index (κ1) is 13.9. The van der Waals surface area contributed by atoms with Gasteiger partial charge in [-0.25, -0.2) is 4.39 Å². The van der Waals surface area contributed by atoms with Crippen LogP contribution in [0.25, 0.3) is 10.9 Å². The standard InChI is InChI=1S/C17H11BrFNO/c18-12-7-11(8-13(19)10-12)9-17(21)15-5-6-20-16-4-2-1-3-14(15)16/h1-8,10H,9H2. The van der Waals surface area contributed by atoms with Gasteiger partial charge in [-0.3, -0.25) is 9.78 Å². The molecule has 2 nitrogen and oxygen atoms in total. The van der Waals surface area contributed by atoms with Crippen LogP contribution in [0.5, 0.6) is 0 Å². The molecule has 1 aromatic heterocycles. The van der Waals surface area contributed by atoms with E-state index in [1.807, 2.05) is 24.3 Å². The monoisotopic (exact) mass is 343 g/mol. The third-order valence-corrected chi connectivity index (χ3v) is 3.69. The molecule has 0 N–H and O–H groups in total. The maximum absolute atomic E-state index is 13.4. The van der Waals surface area contributed by atoms with Crippen LogP contribution in [0.15, 0.2) is 59.2 Å². The largest absolute Gasteiger partial charge is 0.294 e. The molecule has 104 valence electrons. The zero-order valence-corrected chi connectivity index (χ0v) is 12.6. The first-order valence-corrected chi connectivity index (χ1v) is 7.25. The summed E-state index contributed by atoms with van der Waals surface area (Å²) in [5.74, 6) is -0.405. The number of carbonyl (C=O) groups excluding carboxylic acids is 1. The number of rotatable bonds is 3. The van der Waals surface area contributed by atoms with Gasteiger partial charge in [-0.2, -0.15) is 0 Å². The van der Waals surface area contributed by atoms with E-state index in [4.69, 9.17) is 0 Å². The fraction of sp³-hybridized carbons (Fsp3) is 0.0588. The smallest absolute Gasteiger partial charge is 0.167 e. The van der Waals surface area contributed by atoms with Crippen molar-refractivity contribution in [2.45, 2.75) is 6.42 Å². The van der Waals surface area contributed by atoms with Gasteiger partial charge in [0.25, 0.3) is 0 Å². The molecule has 3 aromatic rings. The van der Waals surface area contributed by atoms with E-state index in [1.165, 1.54) is 12.1 Å². The van der Waals surface area contributed by atoms with E-state index >= 15 is 0 Å². The van der Waals surface area contributed by atoms with Crippen molar-refractivity contribution in [1.82, 2.24) is 4.98 Å². The van der Waals surface area contributed by atoms with Crippen LogP contribution in [-0.4, -0.2) is 10.8 Å². The van der Waals surface area contributed by atoms with Crippen molar-refractivity contribution in [2.75, 3.05) is 0 Å². The van der Waals surface area contributed by atoms with E-state index in [0.29, 0.717) is 15.6 Å². The van der Waals surface area contributed by atoms with E-state index in [1.54, 1.807) is 18.3 Å². The first-order valence-electron chi connectivity index (χ1n) is 6.45. The zero-order valence-electron chi connectivity index (χ0n) is 11.0. The molecule has 0 aliphatic rings. The Hall–Kier alpha value is -2.07. The Labute approximate surface area is 129 Å². The predicted octanol–water partition coefficient (Wildman–Crippen LogP) is 4.56. The molecule has 0 saturated heterocycles. The van der Waals surface area contributed by atoms with Crippen molar-refractivity contribution in [3.63, 3.8) is 0 Å². The highest BCUT2D eigenvalue weighted by Crippen LogP contribution is 2.20. The maximum atomic E-state index is 13.4. The second kappa shape index (κ2) is 5.74. The molecule has 21 heavy (non-hydrogen) atoms. The minimum atomic E-state index is -0.355. The van der Waals surface area contributed by atoms with Crippen molar-refractivity contribution >= 4 is 32.6 Å². The number of para-hydroxylation sites is 1. The maximum Gasteiger partial charge on any atom is 0.167 e. The zero-order chi connectivity index (χ0) is 14.8. The van der Waals surface area contributed by atoms with Crippen LogP contribution in [-0.2, 0) is 6.42 Å². The van der Waals surface area contributed by atoms with Crippen LogP contribution in [0.3, 0.4) is 0 Å². The fourth-order valence-corrected chi connectivity index (χ4v) is 2.85. The van der Waals surface area contributed by atoms with Crippen LogP contribution in [0.1, 0.15) is 15.9 Å². The van der Waals surface area contributed by atoms with Crippen LogP contribution in [0, 0.1) is 5.82 Å². The van der Waals surface area contributed by atoms with Crippen LogP contribution in [0.2, 0.25) is 0 Å². The van der Waals surface area contributed by atoms with Crippen molar-refractivity contribution in [3.05, 3.63) is 76.1 Å². The molecule has 3 rings (SSSR count). The summed E-state index contributed by atoms with van der Waals surface area (Å²) in [7, 11) is 0. The minimum Gasteiger partial charge on any atom is -0.294 e. The molecule has 0 radical (unpaired) electrons. The van der Waals surface area contributed by atoms with Gasteiger partial charge >= 0.3 is 0 Å². The fourth-order valence-electron chi connectivity index (χ4n) is 2.33. The number of fused-ring (bicyclic) bond motifs is 1. The van der Waals surface area contributed by atoms with Gasteiger partial charge in [-0.1, -0.05) is 34.1 Å². The van der Waals surface area contributed by atoms with Crippen molar-refractivity contribution < 1.29 is 9.18 Å². The molecule has 0 fully saturated rings. The van der Waals surface area contributed by atoms with Crippen LogP contribution < -0.4 is 0 Å². The lowest BCUT2D eigenvalue weighted by Crippen LogP contribution is -2.05. The third kappa shape index (κ3) is 3.00. The number of carbonyl (C=O) groups is 1. The number of nitrogens with zero attached hydrogens (tertiary/aromatic N) is 1. The SMILES string of the molecule is O=C(Cc1cc(F)cc(Br)c1)c1ccnc2ccccc12. The van der Waals surface area contributed by atoms with Gasteiger partial charge in [0, 0.05) is 28.0 Å². The van der Waals surface area contributed by atoms with E-state index < -0.39 is 0 Å². The molecule has 1 heterocycles. The number of ketones is 1. The molecule has 0 atom stereocenters. The van der Waals surface area contributed by atoms with Gasteiger partial charge in [0.2, 0.25) is 0 Å². The first-order chi connectivity index (χ1) is 10.1. The number of aromatic nitrogens is 1. The van der Waals surface area contributed by atoms with E-state index in [-0.39, 0.29) is 18.0 Å². The van der Waals surface area contributed by atoms with Gasteiger partial charge in [-0.05, 0) is 35.9 Å². The highest BCUT2D eigenvalue weighted by Gasteiger charge is 2.12. The number of pyridine rings is 1.